The van der Waals surface area contributed by atoms with Gasteiger partial charge in [-0.1, -0.05) is 32.0 Å². The molecule has 3 N–H and O–H groups in total. The molecule has 0 radical (unpaired) electrons. The molecule has 5 heteroatoms. The largest absolute Gasteiger partial charge is 0.481 e. The number of benzene rings is 1. The van der Waals surface area contributed by atoms with Crippen LogP contribution in [-0.2, 0) is 9.59 Å². The number of amides is 1. The number of aliphatic carboxylic acids is 1. The van der Waals surface area contributed by atoms with Crippen LogP contribution in [0, 0.1) is 0 Å². The van der Waals surface area contributed by atoms with E-state index in [2.05, 4.69) is 0 Å². The van der Waals surface area contributed by atoms with E-state index in [4.69, 9.17) is 10.8 Å². The maximum atomic E-state index is 12.6. The molecule has 1 aromatic rings. The van der Waals surface area contributed by atoms with E-state index in [-0.39, 0.29) is 18.9 Å². The Hall–Kier alpha value is -1.88. The first-order valence-corrected chi connectivity index (χ1v) is 6.82. The van der Waals surface area contributed by atoms with Gasteiger partial charge >= 0.3 is 5.97 Å². The molecular weight excluding hydrogens is 256 g/mol. The third-order valence-electron chi connectivity index (χ3n) is 3.55. The molecule has 0 saturated carbocycles. The fraction of sp³-hybridized carbons (Fsp3) is 0.467. The molecule has 0 atom stereocenters. The third-order valence-corrected chi connectivity index (χ3v) is 3.55. The Bertz CT molecular complexity index is 455. The highest BCUT2D eigenvalue weighted by Gasteiger charge is 2.34. The van der Waals surface area contributed by atoms with E-state index in [1.165, 1.54) is 4.90 Å². The monoisotopic (exact) mass is 278 g/mol. The molecule has 20 heavy (non-hydrogen) atoms. The molecule has 0 bridgehead atoms. The number of carbonyl (C=O) groups is 2. The van der Waals surface area contributed by atoms with Crippen molar-refractivity contribution in [3.63, 3.8) is 0 Å². The minimum Gasteiger partial charge on any atom is -0.481 e. The number of nitrogens with zero attached hydrogens (tertiary/aromatic N) is 1. The van der Waals surface area contributed by atoms with Gasteiger partial charge in [0.2, 0.25) is 5.91 Å². The van der Waals surface area contributed by atoms with Crippen LogP contribution in [0.1, 0.15) is 33.1 Å². The maximum absolute atomic E-state index is 12.6. The summed E-state index contributed by atoms with van der Waals surface area (Å²) in [5, 5.41) is 8.84. The number of nitrogens with two attached hydrogens (primary N) is 1. The molecule has 0 heterocycles. The SMILES string of the molecule is CCC(N)(CC)C(=O)N(CCC(=O)O)c1ccccc1. The zero-order valence-corrected chi connectivity index (χ0v) is 12.0. The van der Waals surface area contributed by atoms with Crippen molar-refractivity contribution in [3.8, 4) is 0 Å². The standard InChI is InChI=1S/C15H22N2O3/c1-3-15(16,4-2)14(20)17(11-10-13(18)19)12-8-6-5-7-9-12/h5-9H,3-4,10-11,16H2,1-2H3,(H,18,19). The summed E-state index contributed by atoms with van der Waals surface area (Å²) in [7, 11) is 0. The summed E-state index contributed by atoms with van der Waals surface area (Å²) in [6.07, 6.45) is 0.918. The normalized spacial score (nSPS) is 11.2. The van der Waals surface area contributed by atoms with Crippen molar-refractivity contribution in [1.29, 1.82) is 0 Å². The highest BCUT2D eigenvalue weighted by atomic mass is 16.4. The van der Waals surface area contributed by atoms with Gasteiger partial charge in [-0.25, -0.2) is 0 Å². The summed E-state index contributed by atoms with van der Waals surface area (Å²) in [5.41, 5.74) is 5.87. The van der Waals surface area contributed by atoms with Crippen molar-refractivity contribution in [2.24, 2.45) is 5.73 Å². The van der Waals surface area contributed by atoms with Gasteiger partial charge in [0.25, 0.3) is 0 Å². The van der Waals surface area contributed by atoms with E-state index in [0.29, 0.717) is 18.5 Å². The fourth-order valence-corrected chi connectivity index (χ4v) is 1.98. The predicted molar refractivity (Wildman–Crippen MR) is 78.5 cm³/mol. The molecule has 0 aliphatic carbocycles. The van der Waals surface area contributed by atoms with Crippen molar-refractivity contribution in [3.05, 3.63) is 30.3 Å². The Kier molecular flexibility index (Phi) is 5.70. The van der Waals surface area contributed by atoms with Crippen LogP contribution in [0.3, 0.4) is 0 Å². The molecule has 110 valence electrons. The summed E-state index contributed by atoms with van der Waals surface area (Å²) in [5.74, 6) is -1.16. The van der Waals surface area contributed by atoms with Crippen LogP contribution in [0.15, 0.2) is 30.3 Å². The Morgan fingerprint density at radius 3 is 2.20 bits per heavy atom. The molecule has 0 aliphatic rings. The first-order valence-electron chi connectivity index (χ1n) is 6.82. The van der Waals surface area contributed by atoms with Crippen molar-refractivity contribution in [1.82, 2.24) is 0 Å². The Morgan fingerprint density at radius 1 is 1.20 bits per heavy atom. The second-order valence-corrected chi connectivity index (χ2v) is 4.80. The van der Waals surface area contributed by atoms with Crippen molar-refractivity contribution in [2.75, 3.05) is 11.4 Å². The van der Waals surface area contributed by atoms with Crippen molar-refractivity contribution >= 4 is 17.6 Å². The average molecular weight is 278 g/mol. The van der Waals surface area contributed by atoms with E-state index in [0.717, 1.165) is 0 Å². The van der Waals surface area contributed by atoms with E-state index >= 15 is 0 Å². The highest BCUT2D eigenvalue weighted by Crippen LogP contribution is 2.21. The number of carboxylic acid groups (broad SMARTS) is 1. The summed E-state index contributed by atoms with van der Waals surface area (Å²) in [6.45, 7) is 3.85. The minimum absolute atomic E-state index is 0.107. The average Bonchev–Trinajstić information content (AvgIpc) is 2.47. The summed E-state index contributed by atoms with van der Waals surface area (Å²) >= 11 is 0. The predicted octanol–water partition coefficient (Wildman–Crippen LogP) is 2.01. The lowest BCUT2D eigenvalue weighted by Crippen LogP contribution is -2.55. The van der Waals surface area contributed by atoms with Crippen LogP contribution in [0.25, 0.3) is 0 Å². The van der Waals surface area contributed by atoms with Gasteiger partial charge in [0, 0.05) is 12.2 Å². The highest BCUT2D eigenvalue weighted by molar-refractivity contribution is 6.00. The lowest BCUT2D eigenvalue weighted by molar-refractivity contribution is -0.136. The van der Waals surface area contributed by atoms with Gasteiger partial charge in [-0.2, -0.15) is 0 Å². The van der Waals surface area contributed by atoms with Crippen LogP contribution in [0.4, 0.5) is 5.69 Å². The number of hydrogen-bond donors (Lipinski definition) is 2. The van der Waals surface area contributed by atoms with Gasteiger partial charge in [0.1, 0.15) is 0 Å². The molecule has 0 aromatic heterocycles. The number of anilines is 1. The van der Waals surface area contributed by atoms with E-state index in [1.54, 1.807) is 12.1 Å². The zero-order chi connectivity index (χ0) is 15.2. The molecule has 0 spiro atoms. The summed E-state index contributed by atoms with van der Waals surface area (Å²) in [6, 6.07) is 9.04. The lowest BCUT2D eigenvalue weighted by Gasteiger charge is -2.33. The zero-order valence-electron chi connectivity index (χ0n) is 12.0. The molecule has 0 saturated heterocycles. The first-order chi connectivity index (χ1) is 9.44. The molecule has 5 nitrogen and oxygen atoms in total. The number of carboxylic acids is 1. The second-order valence-electron chi connectivity index (χ2n) is 4.80. The van der Waals surface area contributed by atoms with Crippen molar-refractivity contribution < 1.29 is 14.7 Å². The Labute approximate surface area is 119 Å². The van der Waals surface area contributed by atoms with Gasteiger partial charge < -0.3 is 15.7 Å². The molecule has 0 aliphatic heterocycles. The topological polar surface area (TPSA) is 83.6 Å². The van der Waals surface area contributed by atoms with E-state index in [1.807, 2.05) is 32.0 Å². The molecule has 1 rings (SSSR count). The van der Waals surface area contributed by atoms with Crippen LogP contribution >= 0.6 is 0 Å². The first kappa shape index (κ1) is 16.2. The summed E-state index contributed by atoms with van der Waals surface area (Å²) in [4.78, 5) is 24.9. The Morgan fingerprint density at radius 2 is 1.75 bits per heavy atom. The number of carbonyl (C=O) groups excluding carboxylic acids is 1. The maximum Gasteiger partial charge on any atom is 0.305 e. The van der Waals surface area contributed by atoms with Gasteiger partial charge in [-0.15, -0.1) is 0 Å². The van der Waals surface area contributed by atoms with E-state index in [9.17, 15) is 9.59 Å². The molecular formula is C15H22N2O3. The van der Waals surface area contributed by atoms with E-state index < -0.39 is 11.5 Å². The molecule has 1 aromatic carbocycles. The quantitative estimate of drug-likeness (QED) is 0.799. The molecule has 0 fully saturated rings. The fourth-order valence-electron chi connectivity index (χ4n) is 1.98. The van der Waals surface area contributed by atoms with Gasteiger partial charge in [-0.3, -0.25) is 9.59 Å². The molecule has 0 unspecified atom stereocenters. The minimum atomic E-state index is -0.950. The Balaban J connectivity index is 3.04. The molecule has 1 amide bonds. The van der Waals surface area contributed by atoms with Crippen LogP contribution < -0.4 is 10.6 Å². The van der Waals surface area contributed by atoms with Crippen LogP contribution in [0.2, 0.25) is 0 Å². The van der Waals surface area contributed by atoms with Gasteiger partial charge in [0.05, 0.1) is 12.0 Å². The smallest absolute Gasteiger partial charge is 0.305 e. The lowest BCUT2D eigenvalue weighted by atomic mass is 9.92. The van der Waals surface area contributed by atoms with Crippen LogP contribution in [-0.4, -0.2) is 29.1 Å². The van der Waals surface area contributed by atoms with Gasteiger partial charge in [0.15, 0.2) is 0 Å². The second kappa shape index (κ2) is 7.05. The van der Waals surface area contributed by atoms with Crippen molar-refractivity contribution in [2.45, 2.75) is 38.6 Å². The van der Waals surface area contributed by atoms with Gasteiger partial charge in [-0.05, 0) is 25.0 Å². The summed E-state index contributed by atoms with van der Waals surface area (Å²) < 4.78 is 0. The number of para-hydroxylation sites is 1. The number of rotatable bonds is 7. The van der Waals surface area contributed by atoms with Crippen LogP contribution in [0.5, 0.6) is 0 Å². The number of hydrogen-bond acceptors (Lipinski definition) is 3. The third kappa shape index (κ3) is 3.81.